The van der Waals surface area contributed by atoms with E-state index in [1.807, 2.05) is 24.3 Å². The number of benzene rings is 3. The van der Waals surface area contributed by atoms with Gasteiger partial charge < -0.3 is 14.9 Å². The van der Waals surface area contributed by atoms with E-state index in [-0.39, 0.29) is 17.9 Å². The van der Waals surface area contributed by atoms with Gasteiger partial charge in [-0.1, -0.05) is 68.8 Å². The smallest absolute Gasteiger partial charge is 0.251 e. The van der Waals surface area contributed by atoms with E-state index >= 15 is 0 Å². The van der Waals surface area contributed by atoms with Crippen LogP contribution in [0.4, 0.5) is 5.95 Å². The van der Waals surface area contributed by atoms with Crippen LogP contribution in [0.3, 0.4) is 0 Å². The number of anilines is 1. The van der Waals surface area contributed by atoms with Gasteiger partial charge in [0.15, 0.2) is 0 Å². The number of hydrogen-bond donors (Lipinski definition) is 3. The molecule has 9 nitrogen and oxygen atoms in total. The van der Waals surface area contributed by atoms with Crippen LogP contribution in [-0.4, -0.2) is 47.1 Å². The molecule has 1 unspecified atom stereocenters. The van der Waals surface area contributed by atoms with E-state index in [1.165, 1.54) is 0 Å². The number of amides is 2. The number of imidazole rings is 1. The van der Waals surface area contributed by atoms with Crippen LogP contribution < -0.4 is 10.6 Å². The first kappa shape index (κ1) is 29.3. The van der Waals surface area contributed by atoms with E-state index in [0.717, 1.165) is 16.7 Å². The van der Waals surface area contributed by atoms with Gasteiger partial charge in [-0.05, 0) is 58.9 Å². The Labute approximate surface area is 238 Å². The minimum atomic E-state index is -4.42. The molecule has 1 aromatic heterocycles. The Balaban J connectivity index is 1.55. The standard InChI is InChI=1S/C29H31ClN4O5S/c1-29(2,3)21-10-8-19(9-11-21)23(27(36)34-28-32-24-13-12-22(30)17-25(24)33-28)16-18-4-6-20(7-5-18)26(35)31-14-15-40(37,38)39/h4-13,17,23H,14-16H2,1-3H3,(H,31,35)(H,37,38,39)(H2,32,33,34,36)/p-1. The molecule has 1 heterocycles. The molecule has 11 heteroatoms. The van der Waals surface area contributed by atoms with Gasteiger partial charge in [0.05, 0.1) is 32.8 Å². The lowest BCUT2D eigenvalue weighted by Crippen LogP contribution is -2.29. The average Bonchev–Trinajstić information content (AvgIpc) is 3.27. The molecule has 3 N–H and O–H groups in total. The number of aromatic amines is 1. The number of nitrogens with one attached hydrogen (secondary N) is 3. The van der Waals surface area contributed by atoms with Crippen LogP contribution in [0.1, 0.15) is 53.7 Å². The quantitative estimate of drug-likeness (QED) is 0.243. The Hall–Kier alpha value is -3.73. The molecule has 0 radical (unpaired) electrons. The highest BCUT2D eigenvalue weighted by molar-refractivity contribution is 7.85. The Morgan fingerprint density at radius 3 is 2.33 bits per heavy atom. The molecule has 210 valence electrons. The number of aromatic nitrogens is 2. The molecular formula is C29H30ClN4O5S-. The minimum absolute atomic E-state index is 0.0416. The van der Waals surface area contributed by atoms with Gasteiger partial charge in [-0.15, -0.1) is 0 Å². The van der Waals surface area contributed by atoms with E-state index in [1.54, 1.807) is 42.5 Å². The molecule has 3 aromatic carbocycles. The van der Waals surface area contributed by atoms with Crippen molar-refractivity contribution >= 4 is 50.5 Å². The number of H-pyrrole nitrogens is 1. The SMILES string of the molecule is CC(C)(C)c1ccc(C(Cc2ccc(C(=O)NCCS(=O)(=O)[O-])cc2)C(=O)Nc2nc3ccc(Cl)cc3[nH]2)cc1. The van der Waals surface area contributed by atoms with Crippen molar-refractivity contribution in [2.45, 2.75) is 38.5 Å². The molecule has 0 aliphatic heterocycles. The molecule has 2 amide bonds. The zero-order valence-electron chi connectivity index (χ0n) is 22.3. The monoisotopic (exact) mass is 581 g/mol. The molecule has 40 heavy (non-hydrogen) atoms. The summed E-state index contributed by atoms with van der Waals surface area (Å²) >= 11 is 6.08. The van der Waals surface area contributed by atoms with Crippen molar-refractivity contribution in [1.82, 2.24) is 15.3 Å². The third-order valence-electron chi connectivity index (χ3n) is 6.47. The molecule has 0 fully saturated rings. The van der Waals surface area contributed by atoms with Crippen LogP contribution in [-0.2, 0) is 26.7 Å². The zero-order valence-corrected chi connectivity index (χ0v) is 23.9. The Kier molecular flexibility index (Phi) is 8.62. The van der Waals surface area contributed by atoms with E-state index in [2.05, 4.69) is 41.4 Å². The highest BCUT2D eigenvalue weighted by atomic mass is 35.5. The first-order valence-corrected chi connectivity index (χ1v) is 14.6. The molecule has 0 aliphatic carbocycles. The van der Waals surface area contributed by atoms with E-state index < -0.39 is 27.7 Å². The van der Waals surface area contributed by atoms with Crippen LogP contribution in [0.2, 0.25) is 5.02 Å². The molecule has 0 spiro atoms. The molecule has 4 aromatic rings. The predicted molar refractivity (Wildman–Crippen MR) is 155 cm³/mol. The number of carbonyl (C=O) groups excluding carboxylic acids is 2. The Morgan fingerprint density at radius 1 is 1.02 bits per heavy atom. The third-order valence-corrected chi connectivity index (χ3v) is 7.41. The van der Waals surface area contributed by atoms with Gasteiger partial charge in [-0.25, -0.2) is 13.4 Å². The van der Waals surface area contributed by atoms with Gasteiger partial charge in [-0.2, -0.15) is 0 Å². The largest absolute Gasteiger partial charge is 0.748 e. The van der Waals surface area contributed by atoms with E-state index in [9.17, 15) is 22.6 Å². The number of carbonyl (C=O) groups is 2. The van der Waals surface area contributed by atoms with Crippen molar-refractivity contribution < 1.29 is 22.6 Å². The average molecular weight is 582 g/mol. The molecular weight excluding hydrogens is 552 g/mol. The Morgan fingerprint density at radius 2 is 1.70 bits per heavy atom. The fourth-order valence-electron chi connectivity index (χ4n) is 4.24. The maximum Gasteiger partial charge on any atom is 0.251 e. The van der Waals surface area contributed by atoms with Gasteiger partial charge in [0, 0.05) is 17.1 Å². The topological polar surface area (TPSA) is 144 Å². The van der Waals surface area contributed by atoms with E-state index in [0.29, 0.717) is 34.0 Å². The third kappa shape index (κ3) is 7.68. The molecule has 1 atom stereocenters. The highest BCUT2D eigenvalue weighted by Gasteiger charge is 2.24. The van der Waals surface area contributed by atoms with Crippen molar-refractivity contribution in [2.75, 3.05) is 17.6 Å². The van der Waals surface area contributed by atoms with Crippen LogP contribution in [0, 0.1) is 0 Å². The number of fused-ring (bicyclic) bond motifs is 1. The lowest BCUT2D eigenvalue weighted by molar-refractivity contribution is -0.117. The maximum atomic E-state index is 13.6. The lowest BCUT2D eigenvalue weighted by Gasteiger charge is -2.21. The summed E-state index contributed by atoms with van der Waals surface area (Å²) in [5, 5.41) is 5.86. The summed E-state index contributed by atoms with van der Waals surface area (Å²) in [6.07, 6.45) is 0.350. The second-order valence-corrected chi connectivity index (χ2v) is 12.5. The summed E-state index contributed by atoms with van der Waals surface area (Å²) in [6, 6.07) is 19.9. The molecule has 0 bridgehead atoms. The van der Waals surface area contributed by atoms with Gasteiger partial charge in [0.25, 0.3) is 5.91 Å². The van der Waals surface area contributed by atoms with Gasteiger partial charge in [0.2, 0.25) is 11.9 Å². The second-order valence-electron chi connectivity index (χ2n) is 10.6. The molecule has 0 aliphatic rings. The minimum Gasteiger partial charge on any atom is -0.748 e. The summed E-state index contributed by atoms with van der Waals surface area (Å²) in [7, 11) is -4.42. The molecule has 4 rings (SSSR count). The predicted octanol–water partition coefficient (Wildman–Crippen LogP) is 4.75. The van der Waals surface area contributed by atoms with Gasteiger partial charge in [-0.3, -0.25) is 14.9 Å². The summed E-state index contributed by atoms with van der Waals surface area (Å²) in [5.74, 6) is -1.68. The number of halogens is 1. The van der Waals surface area contributed by atoms with Crippen molar-refractivity contribution in [3.63, 3.8) is 0 Å². The van der Waals surface area contributed by atoms with Crippen molar-refractivity contribution in [1.29, 1.82) is 0 Å². The van der Waals surface area contributed by atoms with Gasteiger partial charge >= 0.3 is 0 Å². The first-order valence-electron chi connectivity index (χ1n) is 12.7. The lowest BCUT2D eigenvalue weighted by atomic mass is 9.84. The van der Waals surface area contributed by atoms with Crippen molar-refractivity contribution in [3.05, 3.63) is 94.0 Å². The summed E-state index contributed by atoms with van der Waals surface area (Å²) in [5.41, 5.74) is 4.43. The Bertz CT molecular complexity index is 1630. The second kappa shape index (κ2) is 11.8. The molecule has 0 saturated carbocycles. The zero-order chi connectivity index (χ0) is 29.1. The first-order chi connectivity index (χ1) is 18.8. The van der Waals surface area contributed by atoms with Crippen LogP contribution >= 0.6 is 11.6 Å². The maximum absolute atomic E-state index is 13.6. The van der Waals surface area contributed by atoms with Crippen LogP contribution in [0.15, 0.2) is 66.7 Å². The normalized spacial score (nSPS) is 12.7. The van der Waals surface area contributed by atoms with E-state index in [4.69, 9.17) is 11.6 Å². The van der Waals surface area contributed by atoms with Crippen molar-refractivity contribution in [2.24, 2.45) is 0 Å². The summed E-state index contributed by atoms with van der Waals surface area (Å²) in [6.45, 7) is 6.10. The van der Waals surface area contributed by atoms with Crippen LogP contribution in [0.5, 0.6) is 0 Å². The molecule has 0 saturated heterocycles. The highest BCUT2D eigenvalue weighted by Crippen LogP contribution is 2.28. The number of hydrogen-bond acceptors (Lipinski definition) is 6. The number of nitrogens with zero attached hydrogens (tertiary/aromatic N) is 1. The fourth-order valence-corrected chi connectivity index (χ4v) is 4.77. The number of rotatable bonds is 9. The summed E-state index contributed by atoms with van der Waals surface area (Å²) in [4.78, 5) is 33.4. The van der Waals surface area contributed by atoms with Crippen molar-refractivity contribution in [3.8, 4) is 0 Å². The van der Waals surface area contributed by atoms with Crippen LogP contribution in [0.25, 0.3) is 11.0 Å². The van der Waals surface area contributed by atoms with Gasteiger partial charge in [0.1, 0.15) is 0 Å². The fraction of sp³-hybridized carbons (Fsp3) is 0.276. The summed E-state index contributed by atoms with van der Waals surface area (Å²) < 4.78 is 32.3.